The predicted octanol–water partition coefficient (Wildman–Crippen LogP) is 2.73. The number of halogens is 1. The Morgan fingerprint density at radius 1 is 1.37 bits per heavy atom. The molecule has 0 fully saturated rings. The average Bonchev–Trinajstić information content (AvgIpc) is 2.43. The van der Waals surface area contributed by atoms with E-state index in [9.17, 15) is 4.39 Å². The number of fused-ring (bicyclic) bond motifs is 1. The van der Waals surface area contributed by atoms with E-state index in [1.165, 1.54) is 0 Å². The van der Waals surface area contributed by atoms with E-state index in [0.717, 1.165) is 10.6 Å². The lowest BCUT2D eigenvalue weighted by Gasteiger charge is -2.24. The number of rotatable bonds is 1. The summed E-state index contributed by atoms with van der Waals surface area (Å²) in [6.45, 7) is 1.57. The van der Waals surface area contributed by atoms with Gasteiger partial charge in [-0.15, -0.1) is 11.8 Å². The minimum Gasteiger partial charge on any atom is -0.480 e. The van der Waals surface area contributed by atoms with Crippen molar-refractivity contribution in [2.24, 2.45) is 0 Å². The van der Waals surface area contributed by atoms with Gasteiger partial charge in [0.15, 0.2) is 23.6 Å². The van der Waals surface area contributed by atoms with Crippen molar-refractivity contribution in [3.63, 3.8) is 0 Å². The van der Waals surface area contributed by atoms with Gasteiger partial charge in [-0.3, -0.25) is 0 Å². The Labute approximate surface area is 114 Å². The van der Waals surface area contributed by atoms with Crippen molar-refractivity contribution in [2.75, 3.05) is 11.5 Å². The summed E-state index contributed by atoms with van der Waals surface area (Å²) in [5.74, 6) is 1.22. The Hall–Kier alpha value is -1.82. The molecule has 2 heterocycles. The Balaban J connectivity index is 1.93. The molecule has 2 N–H and O–H groups in total. The minimum atomic E-state index is -0.562. The maximum atomic E-state index is 13.4. The van der Waals surface area contributed by atoms with Crippen molar-refractivity contribution >= 4 is 17.6 Å². The summed E-state index contributed by atoms with van der Waals surface area (Å²) in [7, 11) is 0. The van der Waals surface area contributed by atoms with Gasteiger partial charge in [-0.1, -0.05) is 12.1 Å². The first-order valence-corrected chi connectivity index (χ1v) is 6.81. The highest BCUT2D eigenvalue weighted by molar-refractivity contribution is 7.99. The molecular weight excluding hydrogens is 265 g/mol. The third-order valence-electron chi connectivity index (χ3n) is 2.86. The molecule has 2 aromatic rings. The first-order valence-electron chi connectivity index (χ1n) is 5.83. The SMILES string of the molecule is Cc1nc(C2CSc3ccccc3O2)nc(N)c1F. The van der Waals surface area contributed by atoms with Crippen LogP contribution in [0.15, 0.2) is 29.2 Å². The number of nitrogen functional groups attached to an aromatic ring is 1. The summed E-state index contributed by atoms with van der Waals surface area (Å²) >= 11 is 1.67. The van der Waals surface area contributed by atoms with Crippen LogP contribution in [0, 0.1) is 12.7 Å². The van der Waals surface area contributed by atoms with Crippen LogP contribution in [0.2, 0.25) is 0 Å². The lowest BCUT2D eigenvalue weighted by atomic mass is 10.3. The maximum Gasteiger partial charge on any atom is 0.186 e. The predicted molar refractivity (Wildman–Crippen MR) is 71.7 cm³/mol. The number of ether oxygens (including phenoxy) is 1. The zero-order valence-electron chi connectivity index (χ0n) is 10.3. The fraction of sp³-hybridized carbons (Fsp3) is 0.231. The summed E-state index contributed by atoms with van der Waals surface area (Å²) in [4.78, 5) is 9.20. The molecule has 0 bridgehead atoms. The highest BCUT2D eigenvalue weighted by Crippen LogP contribution is 2.39. The van der Waals surface area contributed by atoms with Crippen molar-refractivity contribution < 1.29 is 9.13 Å². The molecule has 0 spiro atoms. The number of nitrogens with two attached hydrogens (primary N) is 1. The molecule has 1 aliphatic heterocycles. The topological polar surface area (TPSA) is 61.0 Å². The van der Waals surface area contributed by atoms with Gasteiger partial charge in [-0.2, -0.15) is 0 Å². The smallest absolute Gasteiger partial charge is 0.186 e. The van der Waals surface area contributed by atoms with Crippen LogP contribution >= 0.6 is 11.8 Å². The monoisotopic (exact) mass is 277 g/mol. The van der Waals surface area contributed by atoms with E-state index in [-0.39, 0.29) is 17.6 Å². The van der Waals surface area contributed by atoms with E-state index in [0.29, 0.717) is 11.6 Å². The fourth-order valence-corrected chi connectivity index (χ4v) is 2.88. The number of hydrogen-bond donors (Lipinski definition) is 1. The first-order chi connectivity index (χ1) is 9.15. The molecule has 1 unspecified atom stereocenters. The molecule has 0 amide bonds. The molecule has 0 saturated carbocycles. The summed E-state index contributed by atoms with van der Waals surface area (Å²) in [5, 5.41) is 0. The van der Waals surface area contributed by atoms with Gasteiger partial charge in [-0.25, -0.2) is 14.4 Å². The van der Waals surface area contributed by atoms with E-state index in [4.69, 9.17) is 10.5 Å². The average molecular weight is 277 g/mol. The third-order valence-corrected chi connectivity index (χ3v) is 3.97. The first kappa shape index (κ1) is 12.2. The van der Waals surface area contributed by atoms with Crippen LogP contribution in [0.4, 0.5) is 10.2 Å². The number of para-hydroxylation sites is 1. The number of aryl methyl sites for hydroxylation is 1. The normalized spacial score (nSPS) is 17.7. The summed E-state index contributed by atoms with van der Waals surface area (Å²) in [6, 6.07) is 7.77. The fourth-order valence-electron chi connectivity index (χ4n) is 1.89. The van der Waals surface area contributed by atoms with Crippen LogP contribution in [0.5, 0.6) is 5.75 Å². The molecule has 19 heavy (non-hydrogen) atoms. The second kappa shape index (κ2) is 4.70. The molecular formula is C13H12FN3OS. The summed E-state index contributed by atoms with van der Waals surface area (Å²) < 4.78 is 19.3. The van der Waals surface area contributed by atoms with Crippen molar-refractivity contribution in [3.05, 3.63) is 41.6 Å². The number of thioether (sulfide) groups is 1. The van der Waals surface area contributed by atoms with E-state index in [2.05, 4.69) is 9.97 Å². The van der Waals surface area contributed by atoms with E-state index in [1.54, 1.807) is 18.7 Å². The van der Waals surface area contributed by atoms with Gasteiger partial charge in [0.2, 0.25) is 0 Å². The van der Waals surface area contributed by atoms with Crippen LogP contribution in [0.1, 0.15) is 17.6 Å². The Morgan fingerprint density at radius 3 is 2.95 bits per heavy atom. The van der Waals surface area contributed by atoms with E-state index in [1.807, 2.05) is 24.3 Å². The molecule has 1 aliphatic rings. The van der Waals surface area contributed by atoms with Crippen LogP contribution in [0.25, 0.3) is 0 Å². The third kappa shape index (κ3) is 2.23. The Kier molecular flexibility index (Phi) is 3.02. The van der Waals surface area contributed by atoms with E-state index < -0.39 is 5.82 Å². The van der Waals surface area contributed by atoms with Crippen LogP contribution in [-0.4, -0.2) is 15.7 Å². The molecule has 6 heteroatoms. The second-order valence-corrected chi connectivity index (χ2v) is 5.29. The molecule has 0 aliphatic carbocycles. The van der Waals surface area contributed by atoms with Gasteiger partial charge < -0.3 is 10.5 Å². The Morgan fingerprint density at radius 2 is 2.16 bits per heavy atom. The lowest BCUT2D eigenvalue weighted by Crippen LogP contribution is -2.19. The second-order valence-electron chi connectivity index (χ2n) is 4.23. The van der Waals surface area contributed by atoms with Gasteiger partial charge in [-0.05, 0) is 19.1 Å². The molecule has 4 nitrogen and oxygen atoms in total. The van der Waals surface area contributed by atoms with Gasteiger partial charge in [0.1, 0.15) is 5.75 Å². The van der Waals surface area contributed by atoms with Crippen molar-refractivity contribution in [3.8, 4) is 5.75 Å². The minimum absolute atomic E-state index is 0.130. The van der Waals surface area contributed by atoms with Crippen LogP contribution in [0.3, 0.4) is 0 Å². The van der Waals surface area contributed by atoms with Crippen LogP contribution < -0.4 is 10.5 Å². The largest absolute Gasteiger partial charge is 0.480 e. The molecule has 98 valence electrons. The molecule has 0 radical (unpaired) electrons. The molecule has 1 atom stereocenters. The zero-order chi connectivity index (χ0) is 13.4. The Bertz CT molecular complexity index is 612. The standard InChI is InChI=1S/C13H12FN3OS/c1-7-11(14)12(15)17-13(16-7)9-6-19-10-5-3-2-4-8(10)18-9/h2-5,9H,6H2,1H3,(H2,15,16,17). The zero-order valence-corrected chi connectivity index (χ0v) is 11.1. The number of benzene rings is 1. The van der Waals surface area contributed by atoms with E-state index >= 15 is 0 Å². The highest BCUT2D eigenvalue weighted by atomic mass is 32.2. The molecule has 3 rings (SSSR count). The van der Waals surface area contributed by atoms with Gasteiger partial charge in [0.25, 0.3) is 0 Å². The number of aromatic nitrogens is 2. The van der Waals surface area contributed by atoms with Crippen molar-refractivity contribution in [2.45, 2.75) is 17.9 Å². The molecule has 1 aromatic heterocycles. The number of hydrogen-bond acceptors (Lipinski definition) is 5. The molecule has 0 saturated heterocycles. The van der Waals surface area contributed by atoms with Gasteiger partial charge >= 0.3 is 0 Å². The summed E-state index contributed by atoms with van der Waals surface area (Å²) in [6.07, 6.45) is -0.304. The maximum absolute atomic E-state index is 13.4. The van der Waals surface area contributed by atoms with Gasteiger partial charge in [0, 0.05) is 10.6 Å². The quantitative estimate of drug-likeness (QED) is 0.868. The van der Waals surface area contributed by atoms with Crippen LogP contribution in [-0.2, 0) is 0 Å². The lowest BCUT2D eigenvalue weighted by molar-refractivity contribution is 0.210. The number of anilines is 1. The summed E-state index contributed by atoms with van der Waals surface area (Å²) in [5.41, 5.74) is 5.78. The molecule has 1 aromatic carbocycles. The number of nitrogens with zero attached hydrogens (tertiary/aromatic N) is 2. The van der Waals surface area contributed by atoms with Crippen molar-refractivity contribution in [1.29, 1.82) is 0 Å². The van der Waals surface area contributed by atoms with Gasteiger partial charge in [0.05, 0.1) is 5.69 Å². The van der Waals surface area contributed by atoms with Crippen molar-refractivity contribution in [1.82, 2.24) is 9.97 Å². The highest BCUT2D eigenvalue weighted by Gasteiger charge is 2.25.